The van der Waals surface area contributed by atoms with E-state index in [1.165, 1.54) is 16.7 Å². The van der Waals surface area contributed by atoms with Crippen LogP contribution in [0.25, 0.3) is 0 Å². The molecule has 2 unspecified atom stereocenters. The summed E-state index contributed by atoms with van der Waals surface area (Å²) in [7, 11) is 0. The van der Waals surface area contributed by atoms with E-state index in [0.717, 1.165) is 51.7 Å². The second-order valence-electron chi connectivity index (χ2n) is 12.8. The van der Waals surface area contributed by atoms with Crippen LogP contribution in [0, 0.1) is 0 Å². The van der Waals surface area contributed by atoms with Crippen molar-refractivity contribution in [3.63, 3.8) is 0 Å². The van der Waals surface area contributed by atoms with Crippen LogP contribution < -0.4 is 16.8 Å². The smallest absolute Gasteiger partial charge is 0.0972 e. The predicted octanol–water partition coefficient (Wildman–Crippen LogP) is 11.0. The third kappa shape index (κ3) is 8.52. The van der Waals surface area contributed by atoms with Crippen molar-refractivity contribution in [1.29, 1.82) is 0 Å². The number of hydrogen-bond acceptors (Lipinski definition) is 5. The molecular weight excluding hydrogens is 635 g/mol. The number of nitrogens with two attached hydrogens (primary N) is 2. The predicted molar refractivity (Wildman–Crippen MR) is 219 cm³/mol. The van der Waals surface area contributed by atoms with Gasteiger partial charge < -0.3 is 16.8 Å². The van der Waals surface area contributed by atoms with E-state index < -0.39 is 0 Å². The molecular formula is C47H41N5. The van der Waals surface area contributed by atoms with Gasteiger partial charge in [-0.25, -0.2) is 9.98 Å². The SMILES string of the molecule is Nc1ccc(CC(c2ccccc2)C(Nc2ccc(N=C(C(=Nc3ccc(N)cc3)c3ccccc3)c3ccccc3)cc2)c2ccccc2)cc1. The van der Waals surface area contributed by atoms with Gasteiger partial charge in [-0.15, -0.1) is 0 Å². The minimum absolute atomic E-state index is 0.00731. The van der Waals surface area contributed by atoms with Gasteiger partial charge in [0.25, 0.3) is 0 Å². The van der Waals surface area contributed by atoms with E-state index in [9.17, 15) is 0 Å². The zero-order chi connectivity index (χ0) is 35.5. The Balaban J connectivity index is 1.26. The molecule has 7 rings (SSSR count). The summed E-state index contributed by atoms with van der Waals surface area (Å²) in [6, 6.07) is 66.0. The molecule has 0 aliphatic carbocycles. The lowest BCUT2D eigenvalue weighted by atomic mass is 9.82. The van der Waals surface area contributed by atoms with Gasteiger partial charge in [0.05, 0.1) is 28.8 Å². The van der Waals surface area contributed by atoms with Crippen molar-refractivity contribution in [2.45, 2.75) is 18.4 Å². The average Bonchev–Trinajstić information content (AvgIpc) is 3.21. The summed E-state index contributed by atoms with van der Waals surface area (Å²) >= 11 is 0. The molecule has 0 aliphatic heterocycles. The van der Waals surface area contributed by atoms with Gasteiger partial charge in [0.15, 0.2) is 0 Å². The highest BCUT2D eigenvalue weighted by Crippen LogP contribution is 2.37. The van der Waals surface area contributed by atoms with Crippen LogP contribution in [0.1, 0.15) is 39.8 Å². The lowest BCUT2D eigenvalue weighted by molar-refractivity contribution is 0.583. The van der Waals surface area contributed by atoms with E-state index in [2.05, 4.69) is 127 Å². The molecule has 52 heavy (non-hydrogen) atoms. The first kappa shape index (κ1) is 33.8. The Morgan fingerprint density at radius 1 is 0.442 bits per heavy atom. The Bertz CT molecular complexity index is 2210. The van der Waals surface area contributed by atoms with Crippen molar-refractivity contribution in [2.75, 3.05) is 16.8 Å². The van der Waals surface area contributed by atoms with Gasteiger partial charge in [-0.05, 0) is 83.8 Å². The standard InChI is InChI=1S/C47H41N5/c48-39-23-21-34(22-24-39)33-44(35-13-5-1-6-14-35)45(36-15-7-2-8-16-36)50-42-29-31-43(32-30-42)52-47(38-19-11-4-12-20-38)46(37-17-9-3-10-18-37)51-41-27-25-40(49)26-28-41/h1-32,44-45,50H,33,48-49H2. The van der Waals surface area contributed by atoms with Gasteiger partial charge in [-0.1, -0.05) is 133 Å². The lowest BCUT2D eigenvalue weighted by Crippen LogP contribution is -2.21. The van der Waals surface area contributed by atoms with Crippen LogP contribution in [0.2, 0.25) is 0 Å². The zero-order valence-corrected chi connectivity index (χ0v) is 28.9. The molecule has 7 aromatic rings. The average molecular weight is 676 g/mol. The van der Waals surface area contributed by atoms with Gasteiger partial charge in [0.1, 0.15) is 0 Å². The van der Waals surface area contributed by atoms with Gasteiger partial charge >= 0.3 is 0 Å². The highest BCUT2D eigenvalue weighted by Gasteiger charge is 2.25. The lowest BCUT2D eigenvalue weighted by Gasteiger charge is -2.30. The van der Waals surface area contributed by atoms with Crippen LogP contribution in [0.3, 0.4) is 0 Å². The monoisotopic (exact) mass is 675 g/mol. The fourth-order valence-corrected chi connectivity index (χ4v) is 6.43. The second kappa shape index (κ2) is 16.3. The number of anilines is 3. The van der Waals surface area contributed by atoms with E-state index in [1.54, 1.807) is 0 Å². The Morgan fingerprint density at radius 3 is 1.33 bits per heavy atom. The third-order valence-electron chi connectivity index (χ3n) is 9.11. The Kier molecular flexibility index (Phi) is 10.6. The molecule has 0 amide bonds. The number of aliphatic imine (C=N–C) groups is 2. The highest BCUT2D eigenvalue weighted by molar-refractivity contribution is 6.54. The van der Waals surface area contributed by atoms with Crippen LogP contribution in [-0.4, -0.2) is 11.4 Å². The topological polar surface area (TPSA) is 88.8 Å². The Hall–Kier alpha value is -6.72. The first-order chi connectivity index (χ1) is 25.6. The van der Waals surface area contributed by atoms with Crippen molar-refractivity contribution in [1.82, 2.24) is 0 Å². The minimum Gasteiger partial charge on any atom is -0.399 e. The van der Waals surface area contributed by atoms with Gasteiger partial charge in [0.2, 0.25) is 0 Å². The summed E-state index contributed by atoms with van der Waals surface area (Å²) in [5, 5.41) is 3.92. The second-order valence-corrected chi connectivity index (χ2v) is 12.8. The number of benzene rings is 7. The maximum Gasteiger partial charge on any atom is 0.0972 e. The number of nitrogens with zero attached hydrogens (tertiary/aromatic N) is 2. The highest BCUT2D eigenvalue weighted by atomic mass is 14.9. The molecule has 0 bridgehead atoms. The third-order valence-corrected chi connectivity index (χ3v) is 9.11. The summed E-state index contributed by atoms with van der Waals surface area (Å²) in [6.45, 7) is 0. The Labute approximate surface area is 306 Å². The molecule has 0 spiro atoms. The maximum absolute atomic E-state index is 6.05. The van der Waals surface area contributed by atoms with Crippen LogP contribution in [-0.2, 0) is 6.42 Å². The van der Waals surface area contributed by atoms with Crippen LogP contribution in [0.15, 0.2) is 204 Å². The van der Waals surface area contributed by atoms with E-state index in [1.807, 2.05) is 72.8 Å². The van der Waals surface area contributed by atoms with E-state index >= 15 is 0 Å². The zero-order valence-electron chi connectivity index (χ0n) is 28.9. The van der Waals surface area contributed by atoms with Crippen LogP contribution in [0.4, 0.5) is 28.4 Å². The molecule has 254 valence electrons. The molecule has 2 atom stereocenters. The fourth-order valence-electron chi connectivity index (χ4n) is 6.43. The van der Waals surface area contributed by atoms with E-state index in [-0.39, 0.29) is 12.0 Å². The first-order valence-corrected chi connectivity index (χ1v) is 17.5. The van der Waals surface area contributed by atoms with Crippen molar-refractivity contribution >= 4 is 39.9 Å². The molecule has 7 aromatic carbocycles. The maximum atomic E-state index is 6.05. The van der Waals surface area contributed by atoms with E-state index in [4.69, 9.17) is 21.5 Å². The molecule has 0 radical (unpaired) electrons. The van der Waals surface area contributed by atoms with Crippen molar-refractivity contribution in [2.24, 2.45) is 9.98 Å². The first-order valence-electron chi connectivity index (χ1n) is 17.5. The molecule has 5 N–H and O–H groups in total. The summed E-state index contributed by atoms with van der Waals surface area (Å²) in [6.07, 6.45) is 0.843. The minimum atomic E-state index is -0.00731. The molecule has 5 heteroatoms. The summed E-state index contributed by atoms with van der Waals surface area (Å²) in [4.78, 5) is 10.4. The molecule has 0 aromatic heterocycles. The summed E-state index contributed by atoms with van der Waals surface area (Å²) in [5.74, 6) is 0.146. The van der Waals surface area contributed by atoms with Crippen LogP contribution >= 0.6 is 0 Å². The molecule has 0 saturated heterocycles. The molecule has 0 saturated carbocycles. The van der Waals surface area contributed by atoms with Gasteiger partial charge in [-0.3, -0.25) is 0 Å². The van der Waals surface area contributed by atoms with Gasteiger partial charge in [0, 0.05) is 34.1 Å². The molecule has 0 fully saturated rings. The number of nitrogen functional groups attached to an aromatic ring is 2. The molecule has 5 nitrogen and oxygen atoms in total. The summed E-state index contributed by atoms with van der Waals surface area (Å²) in [5.41, 5.74) is 23.4. The normalized spacial score (nSPS) is 12.9. The molecule has 0 heterocycles. The summed E-state index contributed by atoms with van der Waals surface area (Å²) < 4.78 is 0. The number of hydrogen-bond donors (Lipinski definition) is 3. The van der Waals surface area contributed by atoms with Crippen molar-refractivity contribution in [3.8, 4) is 0 Å². The fraction of sp³-hybridized carbons (Fsp3) is 0.0638. The van der Waals surface area contributed by atoms with Crippen molar-refractivity contribution < 1.29 is 0 Å². The van der Waals surface area contributed by atoms with Gasteiger partial charge in [-0.2, -0.15) is 0 Å². The molecule has 0 aliphatic rings. The van der Waals surface area contributed by atoms with E-state index in [0.29, 0.717) is 5.69 Å². The van der Waals surface area contributed by atoms with Crippen LogP contribution in [0.5, 0.6) is 0 Å². The largest absolute Gasteiger partial charge is 0.399 e. The quantitative estimate of drug-likeness (QED) is 0.0889. The Morgan fingerprint density at radius 2 is 0.846 bits per heavy atom. The number of rotatable bonds is 12. The van der Waals surface area contributed by atoms with Crippen molar-refractivity contribution in [3.05, 3.63) is 222 Å². The number of nitrogens with one attached hydrogen (secondary N) is 1.